The fourth-order valence-corrected chi connectivity index (χ4v) is 5.06. The number of hydrogen-bond acceptors (Lipinski definition) is 3. The zero-order valence-corrected chi connectivity index (χ0v) is 14.5. The standard InChI is InChI=1S/C15H23BrN2O2S/c16-14-9-8-12(11-17)10-15(14)21(19,20)18-13-6-4-2-1-3-5-7-13/h8-10,13,18H,1-7,11,17H2. The molecule has 0 heterocycles. The van der Waals surface area contributed by atoms with Crippen molar-refractivity contribution in [2.75, 3.05) is 0 Å². The number of nitrogens with two attached hydrogens (primary N) is 1. The van der Waals surface area contributed by atoms with Gasteiger partial charge in [-0.1, -0.05) is 38.2 Å². The summed E-state index contributed by atoms with van der Waals surface area (Å²) in [6, 6.07) is 5.27. The van der Waals surface area contributed by atoms with Crippen molar-refractivity contribution >= 4 is 26.0 Å². The van der Waals surface area contributed by atoms with Crippen LogP contribution in [0.5, 0.6) is 0 Å². The molecule has 0 bridgehead atoms. The first kappa shape index (κ1) is 16.9. The molecule has 2 rings (SSSR count). The summed E-state index contributed by atoms with van der Waals surface area (Å²) in [7, 11) is -3.50. The van der Waals surface area contributed by atoms with Crippen LogP contribution >= 0.6 is 15.9 Å². The van der Waals surface area contributed by atoms with E-state index in [0.717, 1.165) is 31.2 Å². The summed E-state index contributed by atoms with van der Waals surface area (Å²) in [4.78, 5) is 0.285. The zero-order chi connectivity index (χ0) is 15.3. The van der Waals surface area contributed by atoms with Crippen LogP contribution in [0.2, 0.25) is 0 Å². The minimum atomic E-state index is -3.50. The molecule has 1 aromatic rings. The summed E-state index contributed by atoms with van der Waals surface area (Å²) >= 11 is 3.33. The number of halogens is 1. The second-order valence-electron chi connectivity index (χ2n) is 5.63. The second-order valence-corrected chi connectivity index (χ2v) is 8.17. The average Bonchev–Trinajstić information content (AvgIpc) is 2.42. The number of benzene rings is 1. The van der Waals surface area contributed by atoms with E-state index in [0.29, 0.717) is 11.0 Å². The first-order chi connectivity index (χ1) is 10.0. The summed E-state index contributed by atoms with van der Waals surface area (Å²) in [6.45, 7) is 0.333. The molecule has 1 fully saturated rings. The maximum atomic E-state index is 12.6. The highest BCUT2D eigenvalue weighted by atomic mass is 79.9. The van der Waals surface area contributed by atoms with Gasteiger partial charge in [0.25, 0.3) is 0 Å². The van der Waals surface area contributed by atoms with E-state index >= 15 is 0 Å². The van der Waals surface area contributed by atoms with Crippen LogP contribution in [-0.2, 0) is 16.6 Å². The molecule has 1 aromatic carbocycles. The lowest BCUT2D eigenvalue weighted by Gasteiger charge is -2.21. The van der Waals surface area contributed by atoms with Crippen molar-refractivity contribution in [3.63, 3.8) is 0 Å². The maximum Gasteiger partial charge on any atom is 0.241 e. The van der Waals surface area contributed by atoms with E-state index in [4.69, 9.17) is 5.73 Å². The number of rotatable bonds is 4. The molecule has 0 unspecified atom stereocenters. The van der Waals surface area contributed by atoms with E-state index in [1.807, 2.05) is 6.07 Å². The summed E-state index contributed by atoms with van der Waals surface area (Å²) in [6.07, 6.45) is 7.70. The molecule has 0 spiro atoms. The Kier molecular flexibility index (Phi) is 6.22. The molecule has 0 radical (unpaired) electrons. The Labute approximate surface area is 135 Å². The Balaban J connectivity index is 2.17. The Morgan fingerprint density at radius 3 is 2.38 bits per heavy atom. The van der Waals surface area contributed by atoms with Crippen molar-refractivity contribution in [1.29, 1.82) is 0 Å². The Morgan fingerprint density at radius 1 is 1.14 bits per heavy atom. The third-order valence-corrected chi connectivity index (χ3v) is 6.46. The van der Waals surface area contributed by atoms with Gasteiger partial charge in [0.05, 0.1) is 4.90 Å². The summed E-state index contributed by atoms with van der Waals surface area (Å²) < 4.78 is 28.7. The molecule has 118 valence electrons. The molecular weight excluding hydrogens is 352 g/mol. The van der Waals surface area contributed by atoms with E-state index in [1.165, 1.54) is 19.3 Å². The molecule has 0 aliphatic heterocycles. The summed E-state index contributed by atoms with van der Waals surface area (Å²) in [5.41, 5.74) is 6.42. The lowest BCUT2D eigenvalue weighted by atomic mass is 9.97. The third-order valence-electron chi connectivity index (χ3n) is 3.95. The molecule has 1 saturated carbocycles. The quantitative estimate of drug-likeness (QED) is 0.848. The van der Waals surface area contributed by atoms with Crippen LogP contribution in [0.15, 0.2) is 27.6 Å². The second kappa shape index (κ2) is 7.72. The topological polar surface area (TPSA) is 72.2 Å². The van der Waals surface area contributed by atoms with Crippen LogP contribution in [0, 0.1) is 0 Å². The first-order valence-electron chi connectivity index (χ1n) is 7.54. The predicted octanol–water partition coefficient (Wildman–Crippen LogP) is 3.30. The van der Waals surface area contributed by atoms with Crippen molar-refractivity contribution in [3.8, 4) is 0 Å². The maximum absolute atomic E-state index is 12.6. The van der Waals surface area contributed by atoms with Crippen LogP contribution < -0.4 is 10.5 Å². The van der Waals surface area contributed by atoms with E-state index in [1.54, 1.807) is 12.1 Å². The van der Waals surface area contributed by atoms with Crippen molar-refractivity contribution in [2.24, 2.45) is 5.73 Å². The molecule has 0 saturated heterocycles. The predicted molar refractivity (Wildman–Crippen MR) is 88.5 cm³/mol. The van der Waals surface area contributed by atoms with Crippen LogP contribution in [-0.4, -0.2) is 14.5 Å². The first-order valence-corrected chi connectivity index (χ1v) is 9.81. The van der Waals surface area contributed by atoms with Crippen molar-refractivity contribution in [1.82, 2.24) is 4.72 Å². The molecule has 1 aliphatic carbocycles. The highest BCUT2D eigenvalue weighted by Gasteiger charge is 2.23. The van der Waals surface area contributed by atoms with Gasteiger partial charge in [0.2, 0.25) is 10.0 Å². The minimum absolute atomic E-state index is 0.0451. The number of sulfonamides is 1. The Bertz CT molecular complexity index is 567. The lowest BCUT2D eigenvalue weighted by molar-refractivity contribution is 0.426. The molecule has 4 nitrogen and oxygen atoms in total. The number of hydrogen-bond donors (Lipinski definition) is 2. The number of nitrogens with one attached hydrogen (secondary N) is 1. The van der Waals surface area contributed by atoms with Gasteiger partial charge in [-0.2, -0.15) is 0 Å². The lowest BCUT2D eigenvalue weighted by Crippen LogP contribution is -2.35. The Morgan fingerprint density at radius 2 is 1.76 bits per heavy atom. The fourth-order valence-electron chi connectivity index (χ4n) is 2.74. The van der Waals surface area contributed by atoms with Crippen molar-refractivity contribution in [3.05, 3.63) is 28.2 Å². The minimum Gasteiger partial charge on any atom is -0.326 e. The largest absolute Gasteiger partial charge is 0.326 e. The Hall–Kier alpha value is -0.430. The van der Waals surface area contributed by atoms with Gasteiger partial charge < -0.3 is 5.73 Å². The molecule has 6 heteroatoms. The van der Waals surface area contributed by atoms with Crippen LogP contribution in [0.3, 0.4) is 0 Å². The van der Waals surface area contributed by atoms with E-state index in [9.17, 15) is 8.42 Å². The van der Waals surface area contributed by atoms with Gasteiger partial charge in [0, 0.05) is 17.1 Å². The molecule has 0 atom stereocenters. The van der Waals surface area contributed by atoms with Gasteiger partial charge >= 0.3 is 0 Å². The molecule has 3 N–H and O–H groups in total. The fraction of sp³-hybridized carbons (Fsp3) is 0.600. The van der Waals surface area contributed by atoms with E-state index in [-0.39, 0.29) is 10.9 Å². The van der Waals surface area contributed by atoms with Gasteiger partial charge in [-0.25, -0.2) is 13.1 Å². The molecule has 21 heavy (non-hydrogen) atoms. The van der Waals surface area contributed by atoms with Gasteiger partial charge in [0.15, 0.2) is 0 Å². The van der Waals surface area contributed by atoms with Gasteiger partial charge in [-0.3, -0.25) is 0 Å². The van der Waals surface area contributed by atoms with Crippen LogP contribution in [0.1, 0.15) is 50.5 Å². The summed E-state index contributed by atoms with van der Waals surface area (Å²) in [5, 5.41) is 0. The SMILES string of the molecule is NCc1ccc(Br)c(S(=O)(=O)NC2CCCCCCC2)c1. The smallest absolute Gasteiger partial charge is 0.241 e. The average molecular weight is 375 g/mol. The van der Waals surface area contributed by atoms with Gasteiger partial charge in [0.1, 0.15) is 0 Å². The van der Waals surface area contributed by atoms with Crippen LogP contribution in [0.25, 0.3) is 0 Å². The van der Waals surface area contributed by atoms with E-state index in [2.05, 4.69) is 20.7 Å². The van der Waals surface area contributed by atoms with Crippen molar-refractivity contribution in [2.45, 2.75) is 62.4 Å². The third kappa shape index (κ3) is 4.77. The van der Waals surface area contributed by atoms with Gasteiger partial charge in [-0.05, 0) is 46.5 Å². The molecule has 0 aromatic heterocycles. The van der Waals surface area contributed by atoms with Gasteiger partial charge in [-0.15, -0.1) is 0 Å². The monoisotopic (exact) mass is 374 g/mol. The van der Waals surface area contributed by atoms with E-state index < -0.39 is 10.0 Å². The van der Waals surface area contributed by atoms with Crippen molar-refractivity contribution < 1.29 is 8.42 Å². The molecule has 0 amide bonds. The normalized spacial score (nSPS) is 18.2. The van der Waals surface area contributed by atoms with Crippen LogP contribution in [0.4, 0.5) is 0 Å². The molecule has 1 aliphatic rings. The summed E-state index contributed by atoms with van der Waals surface area (Å²) in [5.74, 6) is 0. The molecular formula is C15H23BrN2O2S. The highest BCUT2D eigenvalue weighted by molar-refractivity contribution is 9.10. The highest BCUT2D eigenvalue weighted by Crippen LogP contribution is 2.25. The zero-order valence-electron chi connectivity index (χ0n) is 12.1.